The van der Waals surface area contributed by atoms with Gasteiger partial charge in [0.2, 0.25) is 5.91 Å². The van der Waals surface area contributed by atoms with Crippen molar-refractivity contribution in [1.82, 2.24) is 5.32 Å². The van der Waals surface area contributed by atoms with Crippen LogP contribution in [0, 0.1) is 0 Å². The van der Waals surface area contributed by atoms with E-state index in [0.717, 1.165) is 21.7 Å². The number of carbonyl (C=O) groups excluding carboxylic acids is 3. The third-order valence-electron chi connectivity index (χ3n) is 5.19. The summed E-state index contributed by atoms with van der Waals surface area (Å²) in [6.07, 6.45) is 0.597. The predicted molar refractivity (Wildman–Crippen MR) is 123 cm³/mol. The molecule has 0 bridgehead atoms. The second kappa shape index (κ2) is 9.76. The lowest BCUT2D eigenvalue weighted by Gasteiger charge is -2.16. The normalized spacial score (nSPS) is 14.3. The van der Waals surface area contributed by atoms with E-state index in [1.54, 1.807) is 29.2 Å². The predicted octanol–water partition coefficient (Wildman–Crippen LogP) is 3.21. The van der Waals surface area contributed by atoms with Crippen LogP contribution in [-0.4, -0.2) is 29.4 Å². The van der Waals surface area contributed by atoms with Crippen LogP contribution >= 0.6 is 11.3 Å². The first kappa shape index (κ1) is 21.7. The van der Waals surface area contributed by atoms with Crippen molar-refractivity contribution >= 4 is 40.4 Å². The SMILES string of the molecule is O=C(NCc1ccc([C@@H](O)c2ccccc2)s1)C(=O)Nc1cccc(N2CCCC2=O)c1. The zero-order chi connectivity index (χ0) is 22.5. The molecular formula is C24H23N3O4S. The molecule has 3 N–H and O–H groups in total. The molecule has 1 atom stereocenters. The molecule has 1 fully saturated rings. The number of aliphatic hydroxyl groups excluding tert-OH is 1. The highest BCUT2D eigenvalue weighted by molar-refractivity contribution is 7.12. The van der Waals surface area contributed by atoms with Crippen molar-refractivity contribution in [2.45, 2.75) is 25.5 Å². The van der Waals surface area contributed by atoms with Crippen molar-refractivity contribution in [3.05, 3.63) is 82.0 Å². The molecule has 0 radical (unpaired) electrons. The van der Waals surface area contributed by atoms with Crippen LogP contribution in [-0.2, 0) is 20.9 Å². The Labute approximate surface area is 189 Å². The summed E-state index contributed by atoms with van der Waals surface area (Å²) in [5.74, 6) is -1.49. The van der Waals surface area contributed by atoms with Crippen LogP contribution in [0.1, 0.15) is 34.3 Å². The number of thiophene rings is 1. The summed E-state index contributed by atoms with van der Waals surface area (Å²) in [6, 6.07) is 19.9. The fourth-order valence-electron chi connectivity index (χ4n) is 3.54. The molecule has 4 rings (SSSR count). The van der Waals surface area contributed by atoms with Crippen LogP contribution < -0.4 is 15.5 Å². The molecule has 0 saturated carbocycles. The number of hydrogen-bond acceptors (Lipinski definition) is 5. The molecule has 1 aliphatic heterocycles. The van der Waals surface area contributed by atoms with E-state index in [4.69, 9.17) is 0 Å². The van der Waals surface area contributed by atoms with Crippen LogP contribution in [0.2, 0.25) is 0 Å². The second-order valence-corrected chi connectivity index (χ2v) is 8.65. The monoisotopic (exact) mass is 449 g/mol. The summed E-state index contributed by atoms with van der Waals surface area (Å²) in [7, 11) is 0. The molecule has 2 heterocycles. The van der Waals surface area contributed by atoms with Crippen molar-refractivity contribution in [2.75, 3.05) is 16.8 Å². The van der Waals surface area contributed by atoms with Gasteiger partial charge in [-0.25, -0.2) is 0 Å². The topological polar surface area (TPSA) is 98.7 Å². The minimum atomic E-state index is -0.781. The zero-order valence-corrected chi connectivity index (χ0v) is 18.1. The number of nitrogens with zero attached hydrogens (tertiary/aromatic N) is 1. The third-order valence-corrected chi connectivity index (χ3v) is 6.32. The number of hydrogen-bond donors (Lipinski definition) is 3. The number of anilines is 2. The van der Waals surface area contributed by atoms with Gasteiger partial charge in [0.1, 0.15) is 6.10 Å². The fraction of sp³-hybridized carbons (Fsp3) is 0.208. The Morgan fingerprint density at radius 1 is 1.03 bits per heavy atom. The molecule has 32 heavy (non-hydrogen) atoms. The molecule has 8 heteroatoms. The van der Waals surface area contributed by atoms with Gasteiger partial charge in [0.05, 0.1) is 6.54 Å². The highest BCUT2D eigenvalue weighted by Crippen LogP contribution is 2.28. The molecule has 0 unspecified atom stereocenters. The van der Waals surface area contributed by atoms with Crippen molar-refractivity contribution in [2.24, 2.45) is 0 Å². The van der Waals surface area contributed by atoms with Crippen LogP contribution in [0.5, 0.6) is 0 Å². The van der Waals surface area contributed by atoms with E-state index in [1.165, 1.54) is 11.3 Å². The van der Waals surface area contributed by atoms with E-state index in [-0.39, 0.29) is 12.5 Å². The second-order valence-electron chi connectivity index (χ2n) is 7.45. The Kier molecular flexibility index (Phi) is 6.63. The lowest BCUT2D eigenvalue weighted by Crippen LogP contribution is -2.34. The molecule has 1 saturated heterocycles. The first-order valence-electron chi connectivity index (χ1n) is 10.3. The maximum atomic E-state index is 12.3. The fourth-order valence-corrected chi connectivity index (χ4v) is 4.51. The highest BCUT2D eigenvalue weighted by atomic mass is 32.1. The largest absolute Gasteiger partial charge is 0.383 e. The maximum Gasteiger partial charge on any atom is 0.313 e. The minimum Gasteiger partial charge on any atom is -0.383 e. The smallest absolute Gasteiger partial charge is 0.313 e. The Balaban J connectivity index is 1.32. The van der Waals surface area contributed by atoms with Gasteiger partial charge >= 0.3 is 11.8 Å². The average Bonchev–Trinajstić information content (AvgIpc) is 3.46. The first-order valence-corrected chi connectivity index (χ1v) is 11.1. The van der Waals surface area contributed by atoms with Gasteiger partial charge < -0.3 is 20.6 Å². The standard InChI is InChI=1S/C24H23N3O4S/c28-21-10-5-13-27(21)18-9-4-8-17(14-18)26-24(31)23(30)25-15-19-11-12-20(32-19)22(29)16-6-2-1-3-7-16/h1-4,6-9,11-12,14,22,29H,5,10,13,15H2,(H,25,30)(H,26,31)/t22-/m0/s1. The number of benzene rings is 2. The Morgan fingerprint density at radius 3 is 2.59 bits per heavy atom. The number of nitrogens with one attached hydrogen (secondary N) is 2. The van der Waals surface area contributed by atoms with Gasteiger partial charge in [-0.1, -0.05) is 36.4 Å². The molecule has 7 nitrogen and oxygen atoms in total. The molecule has 1 aliphatic rings. The lowest BCUT2D eigenvalue weighted by atomic mass is 10.1. The molecule has 0 spiro atoms. The Morgan fingerprint density at radius 2 is 1.84 bits per heavy atom. The van der Waals surface area contributed by atoms with Gasteiger partial charge in [-0.15, -0.1) is 11.3 Å². The molecule has 164 valence electrons. The van der Waals surface area contributed by atoms with Crippen molar-refractivity contribution in [3.63, 3.8) is 0 Å². The molecule has 3 amide bonds. The van der Waals surface area contributed by atoms with Crippen LogP contribution in [0.25, 0.3) is 0 Å². The van der Waals surface area contributed by atoms with E-state index in [0.29, 0.717) is 24.3 Å². The lowest BCUT2D eigenvalue weighted by molar-refractivity contribution is -0.136. The minimum absolute atomic E-state index is 0.0546. The quantitative estimate of drug-likeness (QED) is 0.503. The van der Waals surface area contributed by atoms with Gasteiger partial charge in [0.25, 0.3) is 0 Å². The van der Waals surface area contributed by atoms with Gasteiger partial charge in [-0.05, 0) is 42.3 Å². The molecular weight excluding hydrogens is 426 g/mol. The van der Waals surface area contributed by atoms with Gasteiger partial charge in [-0.2, -0.15) is 0 Å². The highest BCUT2D eigenvalue weighted by Gasteiger charge is 2.22. The summed E-state index contributed by atoms with van der Waals surface area (Å²) < 4.78 is 0. The zero-order valence-electron chi connectivity index (χ0n) is 17.3. The van der Waals surface area contributed by atoms with Crippen molar-refractivity contribution < 1.29 is 19.5 Å². The first-order chi connectivity index (χ1) is 15.5. The van der Waals surface area contributed by atoms with Gasteiger partial charge in [0, 0.05) is 34.1 Å². The van der Waals surface area contributed by atoms with Crippen LogP contribution in [0.15, 0.2) is 66.7 Å². The van der Waals surface area contributed by atoms with Crippen LogP contribution in [0.3, 0.4) is 0 Å². The van der Waals surface area contributed by atoms with Crippen molar-refractivity contribution in [1.29, 1.82) is 0 Å². The molecule has 1 aromatic heterocycles. The molecule has 0 aliphatic carbocycles. The number of rotatable bonds is 6. The van der Waals surface area contributed by atoms with E-state index >= 15 is 0 Å². The van der Waals surface area contributed by atoms with Gasteiger partial charge in [-0.3, -0.25) is 14.4 Å². The molecule has 3 aromatic rings. The number of amides is 3. The van der Waals surface area contributed by atoms with E-state index < -0.39 is 17.9 Å². The van der Waals surface area contributed by atoms with E-state index in [2.05, 4.69) is 10.6 Å². The van der Waals surface area contributed by atoms with E-state index in [9.17, 15) is 19.5 Å². The maximum absolute atomic E-state index is 12.3. The van der Waals surface area contributed by atoms with Crippen LogP contribution in [0.4, 0.5) is 11.4 Å². The summed E-state index contributed by atoms with van der Waals surface area (Å²) in [6.45, 7) is 0.833. The molecule has 2 aromatic carbocycles. The third kappa shape index (κ3) is 5.04. The summed E-state index contributed by atoms with van der Waals surface area (Å²) in [5.41, 5.74) is 1.95. The summed E-state index contributed by atoms with van der Waals surface area (Å²) in [4.78, 5) is 39.7. The van der Waals surface area contributed by atoms with Gasteiger partial charge in [0.15, 0.2) is 0 Å². The number of carbonyl (C=O) groups is 3. The van der Waals surface area contributed by atoms with Crippen molar-refractivity contribution in [3.8, 4) is 0 Å². The summed E-state index contributed by atoms with van der Waals surface area (Å²) >= 11 is 1.38. The average molecular weight is 450 g/mol. The number of aliphatic hydroxyl groups is 1. The summed E-state index contributed by atoms with van der Waals surface area (Å²) in [5, 5.41) is 15.7. The Bertz CT molecular complexity index is 1130. The Hall–Kier alpha value is -3.49. The van der Waals surface area contributed by atoms with E-state index in [1.807, 2.05) is 42.5 Å².